The zero-order chi connectivity index (χ0) is 17.9. The molecule has 2 heterocycles. The fourth-order valence-electron chi connectivity index (χ4n) is 3.25. The number of anilines is 1. The Balaban J connectivity index is 1.56. The van der Waals surface area contributed by atoms with E-state index in [0.29, 0.717) is 17.1 Å². The summed E-state index contributed by atoms with van der Waals surface area (Å²) in [6.45, 7) is 2.45. The van der Waals surface area contributed by atoms with E-state index < -0.39 is 0 Å². The number of nitrogens with zero attached hydrogens (tertiary/aromatic N) is 3. The Bertz CT molecular complexity index is 936. The predicted molar refractivity (Wildman–Crippen MR) is 104 cm³/mol. The smallest absolute Gasteiger partial charge is 0.251 e. The fourth-order valence-corrected chi connectivity index (χ4v) is 3.38. The number of hydrogen-bond acceptors (Lipinski definition) is 4. The Hall–Kier alpha value is -2.66. The second kappa shape index (κ2) is 7.30. The lowest BCUT2D eigenvalue weighted by Gasteiger charge is -2.18. The summed E-state index contributed by atoms with van der Waals surface area (Å²) in [6, 6.07) is 13.0. The van der Waals surface area contributed by atoms with Crippen LogP contribution in [0.3, 0.4) is 0 Å². The van der Waals surface area contributed by atoms with E-state index in [0.717, 1.165) is 35.4 Å². The van der Waals surface area contributed by atoms with Gasteiger partial charge in [0.15, 0.2) is 0 Å². The third-order valence-corrected chi connectivity index (χ3v) is 4.90. The summed E-state index contributed by atoms with van der Waals surface area (Å²) >= 11 is 5.89. The molecule has 1 aliphatic heterocycles. The van der Waals surface area contributed by atoms with E-state index in [1.165, 1.54) is 12.8 Å². The minimum absolute atomic E-state index is 0.113. The molecular weight excluding hydrogens is 348 g/mol. The first-order chi connectivity index (χ1) is 12.7. The Morgan fingerprint density at radius 3 is 2.62 bits per heavy atom. The molecule has 1 N–H and O–H groups in total. The SMILES string of the molecule is O=C(NCc1ccc(Cl)cc1)c1ccc2ncnc(N3CCCC3)c2c1. The Morgan fingerprint density at radius 1 is 1.08 bits per heavy atom. The van der Waals surface area contributed by atoms with Crippen molar-refractivity contribution in [2.75, 3.05) is 18.0 Å². The van der Waals surface area contributed by atoms with Gasteiger partial charge in [0.1, 0.15) is 12.1 Å². The van der Waals surface area contributed by atoms with E-state index in [4.69, 9.17) is 11.6 Å². The highest BCUT2D eigenvalue weighted by Crippen LogP contribution is 2.26. The first-order valence-electron chi connectivity index (χ1n) is 8.73. The monoisotopic (exact) mass is 366 g/mol. The van der Waals surface area contributed by atoms with Gasteiger partial charge in [0.25, 0.3) is 5.91 Å². The minimum atomic E-state index is -0.113. The summed E-state index contributed by atoms with van der Waals surface area (Å²) in [7, 11) is 0. The molecule has 26 heavy (non-hydrogen) atoms. The van der Waals surface area contributed by atoms with Crippen LogP contribution in [0.15, 0.2) is 48.8 Å². The van der Waals surface area contributed by atoms with Gasteiger partial charge in [0.2, 0.25) is 0 Å². The van der Waals surface area contributed by atoms with Crippen LogP contribution in [0.5, 0.6) is 0 Å². The van der Waals surface area contributed by atoms with Crippen LogP contribution in [0, 0.1) is 0 Å². The van der Waals surface area contributed by atoms with Crippen LogP contribution >= 0.6 is 11.6 Å². The number of amides is 1. The number of nitrogens with one attached hydrogen (secondary N) is 1. The van der Waals surface area contributed by atoms with Gasteiger partial charge in [0.05, 0.1) is 5.52 Å². The molecular formula is C20H19ClN4O. The first-order valence-corrected chi connectivity index (χ1v) is 9.11. The molecule has 5 nitrogen and oxygen atoms in total. The van der Waals surface area contributed by atoms with Gasteiger partial charge in [-0.1, -0.05) is 23.7 Å². The van der Waals surface area contributed by atoms with Crippen LogP contribution in [0.2, 0.25) is 5.02 Å². The number of rotatable bonds is 4. The summed E-state index contributed by atoms with van der Waals surface area (Å²) in [4.78, 5) is 23.6. The molecule has 0 aliphatic carbocycles. The van der Waals surface area contributed by atoms with Crippen molar-refractivity contribution in [3.05, 3.63) is 64.9 Å². The lowest BCUT2D eigenvalue weighted by atomic mass is 10.1. The van der Waals surface area contributed by atoms with Gasteiger partial charge in [-0.15, -0.1) is 0 Å². The molecule has 1 aromatic heterocycles. The van der Waals surface area contributed by atoms with E-state index in [1.54, 1.807) is 12.4 Å². The lowest BCUT2D eigenvalue weighted by Crippen LogP contribution is -2.23. The zero-order valence-electron chi connectivity index (χ0n) is 14.3. The maximum absolute atomic E-state index is 12.6. The van der Waals surface area contributed by atoms with Crippen molar-refractivity contribution in [3.63, 3.8) is 0 Å². The van der Waals surface area contributed by atoms with E-state index in [9.17, 15) is 4.79 Å². The molecule has 132 valence electrons. The second-order valence-corrected chi connectivity index (χ2v) is 6.87. The number of benzene rings is 2. The van der Waals surface area contributed by atoms with Crippen molar-refractivity contribution in [3.8, 4) is 0 Å². The third-order valence-electron chi connectivity index (χ3n) is 4.65. The molecule has 0 spiro atoms. The molecule has 1 fully saturated rings. The largest absolute Gasteiger partial charge is 0.356 e. The minimum Gasteiger partial charge on any atom is -0.356 e. The summed E-state index contributed by atoms with van der Waals surface area (Å²) < 4.78 is 0. The molecule has 1 saturated heterocycles. The van der Waals surface area contributed by atoms with Crippen LogP contribution in [0.1, 0.15) is 28.8 Å². The first kappa shape index (κ1) is 16.8. The molecule has 6 heteroatoms. The lowest BCUT2D eigenvalue weighted by molar-refractivity contribution is 0.0951. The zero-order valence-corrected chi connectivity index (χ0v) is 15.0. The van der Waals surface area contributed by atoms with Crippen LogP contribution in [0.4, 0.5) is 5.82 Å². The molecule has 0 bridgehead atoms. The van der Waals surface area contributed by atoms with Gasteiger partial charge in [-0.25, -0.2) is 9.97 Å². The van der Waals surface area contributed by atoms with Crippen molar-refractivity contribution in [2.24, 2.45) is 0 Å². The highest BCUT2D eigenvalue weighted by atomic mass is 35.5. The number of fused-ring (bicyclic) bond motifs is 1. The van der Waals surface area contributed by atoms with Crippen LogP contribution in [-0.2, 0) is 6.54 Å². The van der Waals surface area contributed by atoms with Gasteiger partial charge in [0, 0.05) is 35.6 Å². The standard InChI is InChI=1S/C20H19ClN4O/c21-16-6-3-14(4-7-16)12-22-20(26)15-5-8-18-17(11-15)19(24-13-23-18)25-9-1-2-10-25/h3-8,11,13H,1-2,9-10,12H2,(H,22,26). The maximum atomic E-state index is 12.6. The number of aromatic nitrogens is 2. The summed E-state index contributed by atoms with van der Waals surface area (Å²) in [6.07, 6.45) is 3.94. The molecule has 1 aliphatic rings. The molecule has 0 saturated carbocycles. The average molecular weight is 367 g/mol. The maximum Gasteiger partial charge on any atom is 0.251 e. The Labute approximate surface area is 157 Å². The normalized spacial score (nSPS) is 14.0. The number of halogens is 1. The number of carbonyl (C=O) groups excluding carboxylic acids is 1. The second-order valence-electron chi connectivity index (χ2n) is 6.43. The van der Waals surface area contributed by atoms with E-state index in [1.807, 2.05) is 36.4 Å². The summed E-state index contributed by atoms with van der Waals surface area (Å²) in [5.41, 5.74) is 2.47. The van der Waals surface area contributed by atoms with Gasteiger partial charge in [-0.3, -0.25) is 4.79 Å². The quantitative estimate of drug-likeness (QED) is 0.762. The van der Waals surface area contributed by atoms with E-state index >= 15 is 0 Å². The van der Waals surface area contributed by atoms with Crippen LogP contribution in [0.25, 0.3) is 10.9 Å². The molecule has 1 amide bonds. The van der Waals surface area contributed by atoms with Crippen molar-refractivity contribution in [1.29, 1.82) is 0 Å². The highest BCUT2D eigenvalue weighted by molar-refractivity contribution is 6.30. The fraction of sp³-hybridized carbons (Fsp3) is 0.250. The molecule has 4 rings (SSSR count). The van der Waals surface area contributed by atoms with Crippen molar-refractivity contribution in [1.82, 2.24) is 15.3 Å². The van der Waals surface area contributed by atoms with Gasteiger partial charge < -0.3 is 10.2 Å². The molecule has 2 aromatic carbocycles. The molecule has 0 unspecified atom stereocenters. The van der Waals surface area contributed by atoms with Gasteiger partial charge in [-0.05, 0) is 48.7 Å². The highest BCUT2D eigenvalue weighted by Gasteiger charge is 2.17. The van der Waals surface area contributed by atoms with Crippen molar-refractivity contribution < 1.29 is 4.79 Å². The molecule has 0 atom stereocenters. The predicted octanol–water partition coefficient (Wildman–Crippen LogP) is 3.81. The van der Waals surface area contributed by atoms with E-state index in [-0.39, 0.29) is 5.91 Å². The molecule has 0 radical (unpaired) electrons. The van der Waals surface area contributed by atoms with Gasteiger partial charge in [-0.2, -0.15) is 0 Å². The third kappa shape index (κ3) is 3.48. The van der Waals surface area contributed by atoms with Crippen molar-refractivity contribution >= 4 is 34.2 Å². The van der Waals surface area contributed by atoms with E-state index in [2.05, 4.69) is 20.2 Å². The Kier molecular flexibility index (Phi) is 4.71. The van der Waals surface area contributed by atoms with Gasteiger partial charge >= 0.3 is 0 Å². The number of hydrogen-bond donors (Lipinski definition) is 1. The van der Waals surface area contributed by atoms with Crippen LogP contribution < -0.4 is 10.2 Å². The topological polar surface area (TPSA) is 58.1 Å². The number of carbonyl (C=O) groups is 1. The summed E-state index contributed by atoms with van der Waals surface area (Å²) in [5.74, 6) is 0.804. The average Bonchev–Trinajstić information content (AvgIpc) is 3.21. The van der Waals surface area contributed by atoms with Crippen LogP contribution in [-0.4, -0.2) is 29.0 Å². The Morgan fingerprint density at radius 2 is 1.85 bits per heavy atom. The van der Waals surface area contributed by atoms with Crippen molar-refractivity contribution in [2.45, 2.75) is 19.4 Å². The molecule has 3 aromatic rings. The summed E-state index contributed by atoms with van der Waals surface area (Å²) in [5, 5.41) is 4.56.